The van der Waals surface area contributed by atoms with Crippen LogP contribution in [-0.2, 0) is 22.0 Å². The van der Waals surface area contributed by atoms with Crippen molar-refractivity contribution in [3.8, 4) is 0 Å². The molecule has 1 aromatic carbocycles. The lowest BCUT2D eigenvalue weighted by Crippen LogP contribution is -2.41. The molecule has 3 rings (SSSR count). The number of halogens is 5. The fourth-order valence-electron chi connectivity index (χ4n) is 2.87. The maximum Gasteiger partial charge on any atom is 0.497 e. The van der Waals surface area contributed by atoms with E-state index in [1.165, 1.54) is 18.2 Å². The van der Waals surface area contributed by atoms with E-state index in [0.717, 1.165) is 0 Å². The minimum atomic E-state index is -4.86. The summed E-state index contributed by atoms with van der Waals surface area (Å²) in [6, 6.07) is 4.34. The first kappa shape index (κ1) is 19.1. The third-order valence-corrected chi connectivity index (χ3v) is 4.89. The Morgan fingerprint density at radius 2 is 1.69 bits per heavy atom. The molecule has 1 saturated heterocycles. The molecule has 0 aliphatic carbocycles. The number of aromatic nitrogens is 2. The van der Waals surface area contributed by atoms with Gasteiger partial charge in [0.2, 0.25) is 5.82 Å². The summed E-state index contributed by atoms with van der Waals surface area (Å²) in [4.78, 5) is 3.62. The van der Waals surface area contributed by atoms with E-state index < -0.39 is 43.3 Å². The average molecular weight is 376 g/mol. The molecule has 142 valence electrons. The van der Waals surface area contributed by atoms with E-state index in [1.54, 1.807) is 0 Å². The van der Waals surface area contributed by atoms with E-state index in [0.29, 0.717) is 4.57 Å². The van der Waals surface area contributed by atoms with Gasteiger partial charge < -0.3 is 13.9 Å². The number of imidazole rings is 1. The second kappa shape index (κ2) is 5.92. The van der Waals surface area contributed by atoms with Crippen LogP contribution in [0.5, 0.6) is 0 Å². The Balaban J connectivity index is 2.16. The minimum absolute atomic E-state index is 0.0372. The molecular weight excluding hydrogens is 358 g/mol. The normalized spacial score (nSPS) is 19.7. The Bertz CT molecular complexity index is 816. The molecule has 1 aliphatic rings. The van der Waals surface area contributed by atoms with Crippen LogP contribution in [0.2, 0.25) is 0 Å². The highest BCUT2D eigenvalue weighted by atomic mass is 19.4. The van der Waals surface area contributed by atoms with Gasteiger partial charge in [-0.2, -0.15) is 13.2 Å². The monoisotopic (exact) mass is 376 g/mol. The molecule has 0 unspecified atom stereocenters. The van der Waals surface area contributed by atoms with Crippen LogP contribution in [0, 0.1) is 0 Å². The van der Waals surface area contributed by atoms with E-state index in [1.807, 2.05) is 27.7 Å². The van der Waals surface area contributed by atoms with Crippen molar-refractivity contribution < 1.29 is 31.3 Å². The van der Waals surface area contributed by atoms with E-state index in [4.69, 9.17) is 9.31 Å². The van der Waals surface area contributed by atoms with Crippen molar-refractivity contribution in [2.24, 2.45) is 0 Å². The number of nitrogens with zero attached hydrogens (tertiary/aromatic N) is 2. The Hall–Kier alpha value is -1.68. The van der Waals surface area contributed by atoms with Gasteiger partial charge in [0.15, 0.2) is 0 Å². The molecule has 2 aromatic rings. The van der Waals surface area contributed by atoms with Crippen molar-refractivity contribution in [1.29, 1.82) is 0 Å². The van der Waals surface area contributed by atoms with Crippen LogP contribution in [0.25, 0.3) is 11.0 Å². The maximum absolute atomic E-state index is 13.3. The van der Waals surface area contributed by atoms with Crippen molar-refractivity contribution >= 4 is 23.6 Å². The fourth-order valence-corrected chi connectivity index (χ4v) is 2.87. The van der Waals surface area contributed by atoms with Crippen molar-refractivity contribution in [3.05, 3.63) is 24.0 Å². The molecule has 1 aromatic heterocycles. The molecule has 0 spiro atoms. The lowest BCUT2D eigenvalue weighted by Gasteiger charge is -2.32. The fraction of sp³-hybridized carbons (Fsp3) is 0.562. The van der Waals surface area contributed by atoms with Gasteiger partial charge in [0.1, 0.15) is 0 Å². The number of para-hydroxylation sites is 1. The first-order valence-corrected chi connectivity index (χ1v) is 8.03. The molecule has 0 atom stereocenters. The van der Waals surface area contributed by atoms with Gasteiger partial charge in [0, 0.05) is 5.46 Å². The van der Waals surface area contributed by atoms with Gasteiger partial charge in [0.25, 0.3) is 6.43 Å². The second-order valence-electron chi connectivity index (χ2n) is 7.24. The molecule has 0 N–H and O–H groups in total. The van der Waals surface area contributed by atoms with E-state index >= 15 is 0 Å². The summed E-state index contributed by atoms with van der Waals surface area (Å²) in [7, 11) is -0.945. The number of hydrogen-bond donors (Lipinski definition) is 0. The highest BCUT2D eigenvalue weighted by Gasteiger charge is 2.52. The number of fused-ring (bicyclic) bond motifs is 1. The lowest BCUT2D eigenvalue weighted by atomic mass is 9.78. The number of alkyl halides is 5. The molecule has 0 radical (unpaired) electrons. The minimum Gasteiger partial charge on any atom is -0.399 e. The van der Waals surface area contributed by atoms with E-state index in [2.05, 4.69) is 4.98 Å². The van der Waals surface area contributed by atoms with Gasteiger partial charge in [-0.15, -0.1) is 0 Å². The number of benzene rings is 1. The molecule has 0 saturated carbocycles. The summed E-state index contributed by atoms with van der Waals surface area (Å²) in [5.41, 5.74) is -1.21. The first-order valence-electron chi connectivity index (χ1n) is 8.03. The highest BCUT2D eigenvalue weighted by Crippen LogP contribution is 2.37. The molecule has 0 amide bonds. The topological polar surface area (TPSA) is 36.3 Å². The van der Waals surface area contributed by atoms with Crippen molar-refractivity contribution in [2.75, 3.05) is 0 Å². The van der Waals surface area contributed by atoms with Crippen LogP contribution in [-0.4, -0.2) is 34.3 Å². The summed E-state index contributed by atoms with van der Waals surface area (Å²) >= 11 is 0. The van der Waals surface area contributed by atoms with Crippen molar-refractivity contribution in [1.82, 2.24) is 9.55 Å². The molecular formula is C16H18BF5N2O2. The zero-order valence-corrected chi connectivity index (χ0v) is 14.7. The molecule has 4 nitrogen and oxygen atoms in total. The smallest absolute Gasteiger partial charge is 0.399 e. The Labute approximate surface area is 147 Å². The average Bonchev–Trinajstić information content (AvgIpc) is 2.93. The molecule has 1 fully saturated rings. The predicted octanol–water partition coefficient (Wildman–Crippen LogP) is 3.62. The highest BCUT2D eigenvalue weighted by molar-refractivity contribution is 6.64. The molecule has 10 heteroatoms. The van der Waals surface area contributed by atoms with Gasteiger partial charge >= 0.3 is 13.3 Å². The first-order chi connectivity index (χ1) is 11.8. The van der Waals surface area contributed by atoms with Crippen LogP contribution in [0.15, 0.2) is 18.2 Å². The zero-order valence-electron chi connectivity index (χ0n) is 14.7. The largest absolute Gasteiger partial charge is 0.497 e. The van der Waals surface area contributed by atoms with Crippen LogP contribution >= 0.6 is 0 Å². The third-order valence-electron chi connectivity index (χ3n) is 4.89. The Morgan fingerprint density at radius 3 is 2.19 bits per heavy atom. The second-order valence-corrected chi connectivity index (χ2v) is 7.24. The van der Waals surface area contributed by atoms with Crippen LogP contribution in [0.4, 0.5) is 22.0 Å². The number of rotatable bonds is 3. The summed E-state index contributed by atoms with van der Waals surface area (Å²) < 4.78 is 77.8. The van der Waals surface area contributed by atoms with Crippen LogP contribution < -0.4 is 5.46 Å². The SMILES string of the molecule is CC1(C)OB(c2cccc3c2nc(C(F)(F)F)n3CC(F)F)OC1(C)C. The molecule has 1 aliphatic heterocycles. The number of hydrogen-bond acceptors (Lipinski definition) is 3. The molecule has 26 heavy (non-hydrogen) atoms. The predicted molar refractivity (Wildman–Crippen MR) is 86.5 cm³/mol. The van der Waals surface area contributed by atoms with Gasteiger partial charge in [0.05, 0.1) is 28.8 Å². The van der Waals surface area contributed by atoms with Gasteiger partial charge in [-0.1, -0.05) is 12.1 Å². The summed E-state index contributed by atoms with van der Waals surface area (Å²) in [6.45, 7) is 6.14. The molecule has 2 heterocycles. The summed E-state index contributed by atoms with van der Waals surface area (Å²) in [5.74, 6) is -1.36. The van der Waals surface area contributed by atoms with Gasteiger partial charge in [-0.3, -0.25) is 0 Å². The summed E-state index contributed by atoms with van der Waals surface area (Å²) in [6.07, 6.45) is -7.81. The van der Waals surface area contributed by atoms with Gasteiger partial charge in [-0.25, -0.2) is 13.8 Å². The van der Waals surface area contributed by atoms with Gasteiger partial charge in [-0.05, 0) is 33.8 Å². The summed E-state index contributed by atoms with van der Waals surface area (Å²) in [5, 5.41) is 0. The lowest BCUT2D eigenvalue weighted by molar-refractivity contribution is -0.147. The van der Waals surface area contributed by atoms with Crippen LogP contribution in [0.3, 0.4) is 0 Å². The maximum atomic E-state index is 13.3. The molecule has 0 bridgehead atoms. The van der Waals surface area contributed by atoms with Crippen molar-refractivity contribution in [3.63, 3.8) is 0 Å². The Morgan fingerprint density at radius 1 is 1.12 bits per heavy atom. The van der Waals surface area contributed by atoms with Crippen LogP contribution in [0.1, 0.15) is 33.5 Å². The quantitative estimate of drug-likeness (QED) is 0.607. The third kappa shape index (κ3) is 3.09. The standard InChI is InChI=1S/C16H18BF5N2O2/c1-14(2)15(3,4)26-17(25-14)9-6-5-7-10-12(9)23-13(16(20,21)22)24(10)8-11(18)19/h5-7,11H,8H2,1-4H3. The Kier molecular flexibility index (Phi) is 4.35. The van der Waals surface area contributed by atoms with E-state index in [9.17, 15) is 22.0 Å². The zero-order chi connectivity index (χ0) is 19.5. The van der Waals surface area contributed by atoms with E-state index in [-0.39, 0.29) is 16.5 Å². The van der Waals surface area contributed by atoms with Crippen molar-refractivity contribution in [2.45, 2.75) is 58.0 Å².